The highest BCUT2D eigenvalue weighted by atomic mass is 19.1. The Morgan fingerprint density at radius 3 is 2.92 bits per heavy atom. The Morgan fingerprint density at radius 2 is 2.19 bits per heavy atom. The van der Waals surface area contributed by atoms with Gasteiger partial charge in [-0.3, -0.25) is 9.69 Å². The normalized spacial score (nSPS) is 17.7. The summed E-state index contributed by atoms with van der Waals surface area (Å²) >= 11 is 0. The van der Waals surface area contributed by atoms with Crippen molar-refractivity contribution in [2.24, 2.45) is 7.05 Å². The number of alkyl halides is 1. The summed E-state index contributed by atoms with van der Waals surface area (Å²) in [5.74, 6) is 0.328. The molecule has 6 nitrogen and oxygen atoms in total. The Balaban J connectivity index is 1.52. The molecular formula is C19H20FN5O. The summed E-state index contributed by atoms with van der Waals surface area (Å²) in [5, 5.41) is 4.79. The summed E-state index contributed by atoms with van der Waals surface area (Å²) in [4.78, 5) is 22.5. The number of anilines is 1. The van der Waals surface area contributed by atoms with Gasteiger partial charge < -0.3 is 9.88 Å². The zero-order chi connectivity index (χ0) is 18.1. The number of likely N-dealkylation sites (tertiary alicyclic amines) is 1. The third kappa shape index (κ3) is 3.43. The molecule has 1 fully saturated rings. The molecular weight excluding hydrogens is 333 g/mol. The number of imidazole rings is 1. The maximum atomic E-state index is 13.2. The first-order valence-electron chi connectivity index (χ1n) is 8.61. The molecule has 1 aliphatic heterocycles. The van der Waals surface area contributed by atoms with Crippen LogP contribution in [0, 0.1) is 0 Å². The molecule has 3 aromatic rings. The SMILES string of the molecule is Cn1cncc1-c1ccc2cnc(NC(=O)CN3CC[C@@H](F)C3)cc2c1. The number of nitrogens with zero attached hydrogens (tertiary/aromatic N) is 4. The van der Waals surface area contributed by atoms with Crippen molar-refractivity contribution in [1.29, 1.82) is 0 Å². The van der Waals surface area contributed by atoms with Crippen molar-refractivity contribution in [2.75, 3.05) is 25.0 Å². The lowest BCUT2D eigenvalue weighted by Crippen LogP contribution is -2.32. The first kappa shape index (κ1) is 16.7. The topological polar surface area (TPSA) is 63.1 Å². The minimum Gasteiger partial charge on any atom is -0.334 e. The summed E-state index contributed by atoms with van der Waals surface area (Å²) in [6.45, 7) is 1.13. The number of fused-ring (bicyclic) bond motifs is 1. The van der Waals surface area contributed by atoms with Crippen LogP contribution in [0.15, 0.2) is 43.0 Å². The summed E-state index contributed by atoms with van der Waals surface area (Å²) in [6, 6.07) is 7.94. The minimum atomic E-state index is -0.827. The number of carbonyl (C=O) groups excluding carboxylic acids is 1. The number of nitrogens with one attached hydrogen (secondary N) is 1. The fraction of sp³-hybridized carbons (Fsp3) is 0.316. The number of rotatable bonds is 4. The number of halogens is 1. The van der Waals surface area contributed by atoms with E-state index in [1.807, 2.05) is 40.9 Å². The molecule has 0 unspecified atom stereocenters. The number of aryl methyl sites for hydroxylation is 1. The summed E-state index contributed by atoms with van der Waals surface area (Å²) in [5.41, 5.74) is 2.07. The van der Waals surface area contributed by atoms with Gasteiger partial charge in [-0.05, 0) is 23.9 Å². The van der Waals surface area contributed by atoms with Crippen LogP contribution in [0.3, 0.4) is 0 Å². The molecule has 26 heavy (non-hydrogen) atoms. The molecule has 0 bridgehead atoms. The van der Waals surface area contributed by atoms with Gasteiger partial charge in [-0.25, -0.2) is 14.4 Å². The highest BCUT2D eigenvalue weighted by molar-refractivity contribution is 5.94. The van der Waals surface area contributed by atoms with Gasteiger partial charge in [0.15, 0.2) is 0 Å². The summed E-state index contributed by atoms with van der Waals surface area (Å²) in [7, 11) is 1.95. The van der Waals surface area contributed by atoms with Crippen molar-refractivity contribution in [2.45, 2.75) is 12.6 Å². The maximum Gasteiger partial charge on any atom is 0.239 e. The number of pyridine rings is 1. The molecule has 1 saturated heterocycles. The number of aromatic nitrogens is 3. The third-order valence-electron chi connectivity index (χ3n) is 4.68. The predicted molar refractivity (Wildman–Crippen MR) is 98.5 cm³/mol. The molecule has 1 atom stereocenters. The molecule has 0 spiro atoms. The zero-order valence-electron chi connectivity index (χ0n) is 14.5. The second kappa shape index (κ2) is 6.84. The van der Waals surface area contributed by atoms with Crippen LogP contribution in [0.25, 0.3) is 22.0 Å². The standard InChI is InChI=1S/C19H20FN5O/c1-24-12-21-9-17(24)13-2-3-14-8-22-18(7-15(14)6-13)23-19(26)11-25-5-4-16(20)10-25/h2-3,6-9,12,16H,4-5,10-11H2,1H3,(H,22,23,26)/t16-/m1/s1. The van der Waals surface area contributed by atoms with Gasteiger partial charge in [0.25, 0.3) is 0 Å². The number of carbonyl (C=O) groups is 1. The number of hydrogen-bond donors (Lipinski definition) is 1. The number of hydrogen-bond acceptors (Lipinski definition) is 4. The molecule has 0 radical (unpaired) electrons. The van der Waals surface area contributed by atoms with E-state index in [1.54, 1.807) is 12.5 Å². The highest BCUT2D eigenvalue weighted by Crippen LogP contribution is 2.25. The first-order valence-corrected chi connectivity index (χ1v) is 8.61. The van der Waals surface area contributed by atoms with Crippen molar-refractivity contribution in [3.63, 3.8) is 0 Å². The van der Waals surface area contributed by atoms with Gasteiger partial charge >= 0.3 is 0 Å². The molecule has 0 aliphatic carbocycles. The second-order valence-electron chi connectivity index (χ2n) is 6.69. The van der Waals surface area contributed by atoms with Crippen LogP contribution in [-0.4, -0.2) is 51.1 Å². The molecule has 3 heterocycles. The van der Waals surface area contributed by atoms with E-state index in [9.17, 15) is 9.18 Å². The fourth-order valence-electron chi connectivity index (χ4n) is 3.32. The van der Waals surface area contributed by atoms with E-state index in [2.05, 4.69) is 21.4 Å². The number of benzene rings is 1. The Kier molecular flexibility index (Phi) is 4.38. The van der Waals surface area contributed by atoms with Crippen molar-refractivity contribution in [3.8, 4) is 11.3 Å². The smallest absolute Gasteiger partial charge is 0.239 e. The van der Waals surface area contributed by atoms with Crippen LogP contribution in [0.4, 0.5) is 10.2 Å². The van der Waals surface area contributed by atoms with Crippen LogP contribution in [0.5, 0.6) is 0 Å². The van der Waals surface area contributed by atoms with Crippen molar-refractivity contribution < 1.29 is 9.18 Å². The van der Waals surface area contributed by atoms with Crippen LogP contribution >= 0.6 is 0 Å². The van der Waals surface area contributed by atoms with Crippen LogP contribution in [0.2, 0.25) is 0 Å². The van der Waals surface area contributed by atoms with E-state index in [0.717, 1.165) is 22.0 Å². The van der Waals surface area contributed by atoms with Gasteiger partial charge in [0.2, 0.25) is 5.91 Å². The van der Waals surface area contributed by atoms with Crippen LogP contribution in [0.1, 0.15) is 6.42 Å². The lowest BCUT2D eigenvalue weighted by Gasteiger charge is -2.14. The Bertz CT molecular complexity index is 954. The van der Waals surface area contributed by atoms with Gasteiger partial charge in [-0.1, -0.05) is 12.1 Å². The zero-order valence-corrected chi connectivity index (χ0v) is 14.5. The molecule has 7 heteroatoms. The second-order valence-corrected chi connectivity index (χ2v) is 6.69. The monoisotopic (exact) mass is 353 g/mol. The van der Waals surface area contributed by atoms with E-state index in [4.69, 9.17) is 0 Å². The quantitative estimate of drug-likeness (QED) is 0.783. The predicted octanol–water partition coefficient (Wildman–Crippen LogP) is 2.62. The summed E-state index contributed by atoms with van der Waals surface area (Å²) in [6.07, 6.45) is 4.99. The van der Waals surface area contributed by atoms with E-state index in [-0.39, 0.29) is 12.5 Å². The largest absolute Gasteiger partial charge is 0.334 e. The van der Waals surface area contributed by atoms with Gasteiger partial charge in [0.05, 0.1) is 24.8 Å². The molecule has 1 aliphatic rings. The van der Waals surface area contributed by atoms with Crippen molar-refractivity contribution >= 4 is 22.5 Å². The molecule has 0 saturated carbocycles. The maximum absolute atomic E-state index is 13.2. The molecule has 1 N–H and O–H groups in total. The van der Waals surface area contributed by atoms with Gasteiger partial charge in [-0.2, -0.15) is 0 Å². The first-order chi connectivity index (χ1) is 12.6. The average molecular weight is 353 g/mol. The van der Waals surface area contributed by atoms with E-state index in [0.29, 0.717) is 25.3 Å². The molecule has 1 amide bonds. The van der Waals surface area contributed by atoms with Gasteiger partial charge in [0.1, 0.15) is 12.0 Å². The lowest BCUT2D eigenvalue weighted by atomic mass is 10.1. The van der Waals surface area contributed by atoms with Crippen molar-refractivity contribution in [3.05, 3.63) is 43.0 Å². The van der Waals surface area contributed by atoms with Gasteiger partial charge in [-0.15, -0.1) is 0 Å². The van der Waals surface area contributed by atoms with Crippen LogP contribution in [-0.2, 0) is 11.8 Å². The molecule has 2 aromatic heterocycles. The Hall–Kier alpha value is -2.80. The fourth-order valence-corrected chi connectivity index (χ4v) is 3.32. The van der Waals surface area contributed by atoms with E-state index in [1.165, 1.54) is 0 Å². The Morgan fingerprint density at radius 1 is 1.31 bits per heavy atom. The molecule has 134 valence electrons. The van der Waals surface area contributed by atoms with Crippen molar-refractivity contribution in [1.82, 2.24) is 19.4 Å². The minimum absolute atomic E-state index is 0.172. The van der Waals surface area contributed by atoms with Crippen LogP contribution < -0.4 is 5.32 Å². The average Bonchev–Trinajstić information content (AvgIpc) is 3.22. The lowest BCUT2D eigenvalue weighted by molar-refractivity contribution is -0.117. The highest BCUT2D eigenvalue weighted by Gasteiger charge is 2.23. The van der Waals surface area contributed by atoms with Gasteiger partial charge in [0, 0.05) is 37.3 Å². The molecule has 1 aromatic carbocycles. The summed E-state index contributed by atoms with van der Waals surface area (Å²) < 4.78 is 15.2. The van der Waals surface area contributed by atoms with E-state index < -0.39 is 6.17 Å². The molecule has 4 rings (SSSR count). The third-order valence-corrected chi connectivity index (χ3v) is 4.68. The Labute approximate surface area is 150 Å². The number of amides is 1. The van der Waals surface area contributed by atoms with E-state index >= 15 is 0 Å².